The smallest absolute Gasteiger partial charge is 0.0110 e. The van der Waals surface area contributed by atoms with Crippen molar-refractivity contribution in [2.24, 2.45) is 11.7 Å². The van der Waals surface area contributed by atoms with Crippen LogP contribution in [0.3, 0.4) is 0 Å². The lowest BCUT2D eigenvalue weighted by Crippen LogP contribution is -2.53. The van der Waals surface area contributed by atoms with Gasteiger partial charge in [-0.2, -0.15) is 0 Å². The zero-order valence-electron chi connectivity index (χ0n) is 7.05. The van der Waals surface area contributed by atoms with Crippen molar-refractivity contribution in [1.82, 2.24) is 5.32 Å². The first kappa shape index (κ1) is 7.56. The van der Waals surface area contributed by atoms with E-state index >= 15 is 0 Å². The molecule has 0 aromatic heterocycles. The second-order valence-corrected chi connectivity index (χ2v) is 3.96. The first-order valence-electron chi connectivity index (χ1n) is 4.87. The quantitative estimate of drug-likeness (QED) is 0.543. The van der Waals surface area contributed by atoms with Crippen LogP contribution in [0.5, 0.6) is 0 Å². The highest BCUT2D eigenvalue weighted by molar-refractivity contribution is 4.91. The van der Waals surface area contributed by atoms with Gasteiger partial charge in [-0.3, -0.25) is 0 Å². The first-order chi connectivity index (χ1) is 5.38. The number of hydrogen-bond donors (Lipinski definition) is 2. The highest BCUT2D eigenvalue weighted by Gasteiger charge is 2.32. The lowest BCUT2D eigenvalue weighted by molar-refractivity contribution is 0.185. The van der Waals surface area contributed by atoms with Crippen LogP contribution in [0.25, 0.3) is 0 Å². The Kier molecular flexibility index (Phi) is 2.14. The summed E-state index contributed by atoms with van der Waals surface area (Å²) in [7, 11) is 0. The van der Waals surface area contributed by atoms with Crippen molar-refractivity contribution in [3.05, 3.63) is 0 Å². The van der Waals surface area contributed by atoms with Crippen molar-refractivity contribution in [2.75, 3.05) is 6.54 Å². The fraction of sp³-hybridized carbons (Fsp3) is 1.00. The maximum atomic E-state index is 6.05. The monoisotopic (exact) mass is 154 g/mol. The molecule has 0 radical (unpaired) electrons. The molecule has 1 heterocycles. The van der Waals surface area contributed by atoms with Crippen molar-refractivity contribution in [1.29, 1.82) is 0 Å². The lowest BCUT2D eigenvalue weighted by Gasteiger charge is -2.40. The van der Waals surface area contributed by atoms with E-state index in [0.29, 0.717) is 6.04 Å². The Labute approximate surface area is 68.5 Å². The summed E-state index contributed by atoms with van der Waals surface area (Å²) in [4.78, 5) is 0. The van der Waals surface area contributed by atoms with Gasteiger partial charge in [-0.25, -0.2) is 0 Å². The van der Waals surface area contributed by atoms with Crippen LogP contribution in [0.1, 0.15) is 32.1 Å². The molecule has 2 heteroatoms. The summed E-state index contributed by atoms with van der Waals surface area (Å²) in [5.74, 6) is 0.789. The molecule has 3 unspecified atom stereocenters. The highest BCUT2D eigenvalue weighted by atomic mass is 15.0. The van der Waals surface area contributed by atoms with Gasteiger partial charge in [0.15, 0.2) is 0 Å². The average Bonchev–Trinajstić information content (AvgIpc) is 2.06. The minimum absolute atomic E-state index is 0.488. The zero-order valence-corrected chi connectivity index (χ0v) is 7.05. The Morgan fingerprint density at radius 3 is 2.73 bits per heavy atom. The van der Waals surface area contributed by atoms with Crippen LogP contribution in [0.15, 0.2) is 0 Å². The SMILES string of the molecule is NC1CCNC2CCCCC12. The van der Waals surface area contributed by atoms with Crippen molar-refractivity contribution in [2.45, 2.75) is 44.2 Å². The van der Waals surface area contributed by atoms with Gasteiger partial charge in [-0.05, 0) is 31.7 Å². The molecule has 2 nitrogen and oxygen atoms in total. The summed E-state index contributed by atoms with van der Waals surface area (Å²) < 4.78 is 0. The second-order valence-electron chi connectivity index (χ2n) is 3.96. The molecular weight excluding hydrogens is 136 g/mol. The number of nitrogens with one attached hydrogen (secondary N) is 1. The third-order valence-corrected chi connectivity index (χ3v) is 3.25. The first-order valence-corrected chi connectivity index (χ1v) is 4.87. The summed E-state index contributed by atoms with van der Waals surface area (Å²) in [6.45, 7) is 1.14. The van der Waals surface area contributed by atoms with E-state index in [9.17, 15) is 0 Å². The van der Waals surface area contributed by atoms with Crippen molar-refractivity contribution in [3.63, 3.8) is 0 Å². The number of piperidine rings is 1. The third-order valence-electron chi connectivity index (χ3n) is 3.25. The molecule has 64 valence electrons. The fourth-order valence-electron chi connectivity index (χ4n) is 2.57. The van der Waals surface area contributed by atoms with E-state index in [-0.39, 0.29) is 0 Å². The molecule has 2 fully saturated rings. The summed E-state index contributed by atoms with van der Waals surface area (Å²) in [5, 5.41) is 3.57. The molecule has 1 saturated carbocycles. The maximum absolute atomic E-state index is 6.05. The van der Waals surface area contributed by atoms with Crippen molar-refractivity contribution in [3.8, 4) is 0 Å². The molecule has 2 rings (SSSR count). The minimum atomic E-state index is 0.488. The van der Waals surface area contributed by atoms with E-state index in [1.54, 1.807) is 0 Å². The van der Waals surface area contributed by atoms with E-state index in [4.69, 9.17) is 5.73 Å². The summed E-state index contributed by atoms with van der Waals surface area (Å²) in [6, 6.07) is 1.24. The Bertz CT molecular complexity index is 134. The Morgan fingerprint density at radius 2 is 1.91 bits per heavy atom. The predicted octanol–water partition coefficient (Wildman–Crippen LogP) is 0.866. The van der Waals surface area contributed by atoms with E-state index < -0.39 is 0 Å². The Morgan fingerprint density at radius 1 is 1.09 bits per heavy atom. The molecule has 3 atom stereocenters. The number of rotatable bonds is 0. The van der Waals surface area contributed by atoms with Gasteiger partial charge in [-0.15, -0.1) is 0 Å². The van der Waals surface area contributed by atoms with Crippen LogP contribution in [-0.4, -0.2) is 18.6 Å². The molecule has 11 heavy (non-hydrogen) atoms. The maximum Gasteiger partial charge on any atom is 0.0110 e. The van der Waals surface area contributed by atoms with E-state index in [1.807, 2.05) is 0 Å². The number of nitrogens with two attached hydrogens (primary N) is 1. The van der Waals surface area contributed by atoms with Gasteiger partial charge in [0, 0.05) is 12.1 Å². The normalized spacial score (nSPS) is 45.0. The topological polar surface area (TPSA) is 38.0 Å². The summed E-state index contributed by atoms with van der Waals surface area (Å²) in [6.07, 6.45) is 6.70. The largest absolute Gasteiger partial charge is 0.327 e. The summed E-state index contributed by atoms with van der Waals surface area (Å²) >= 11 is 0. The molecule has 0 aromatic carbocycles. The lowest BCUT2D eigenvalue weighted by atomic mass is 9.77. The molecule has 0 amide bonds. The van der Waals surface area contributed by atoms with Gasteiger partial charge in [0.1, 0.15) is 0 Å². The minimum Gasteiger partial charge on any atom is -0.327 e. The molecule has 3 N–H and O–H groups in total. The van der Waals surface area contributed by atoms with Crippen LogP contribution in [0, 0.1) is 5.92 Å². The molecule has 0 aromatic rings. The number of fused-ring (bicyclic) bond motifs is 1. The predicted molar refractivity (Wildman–Crippen MR) is 46.3 cm³/mol. The Balaban J connectivity index is 1.99. The zero-order chi connectivity index (χ0) is 7.68. The third kappa shape index (κ3) is 1.42. The van der Waals surface area contributed by atoms with Gasteiger partial charge < -0.3 is 11.1 Å². The Hall–Kier alpha value is -0.0800. The standard InChI is InChI=1S/C9H18N2/c10-8-5-6-11-9-4-2-1-3-7(8)9/h7-9,11H,1-6,10H2. The summed E-state index contributed by atoms with van der Waals surface area (Å²) in [5.41, 5.74) is 6.05. The van der Waals surface area contributed by atoms with Gasteiger partial charge in [0.25, 0.3) is 0 Å². The van der Waals surface area contributed by atoms with Crippen LogP contribution in [-0.2, 0) is 0 Å². The van der Waals surface area contributed by atoms with Gasteiger partial charge in [0.05, 0.1) is 0 Å². The fourth-order valence-corrected chi connectivity index (χ4v) is 2.57. The van der Waals surface area contributed by atoms with Gasteiger partial charge in [-0.1, -0.05) is 12.8 Å². The van der Waals surface area contributed by atoms with E-state index in [2.05, 4.69) is 5.32 Å². The number of hydrogen-bond acceptors (Lipinski definition) is 2. The molecule has 1 aliphatic carbocycles. The molecule has 0 bridgehead atoms. The average molecular weight is 154 g/mol. The van der Waals surface area contributed by atoms with Crippen LogP contribution in [0.2, 0.25) is 0 Å². The molecular formula is C9H18N2. The van der Waals surface area contributed by atoms with Crippen LogP contribution >= 0.6 is 0 Å². The highest BCUT2D eigenvalue weighted by Crippen LogP contribution is 2.29. The molecule has 1 aliphatic heterocycles. The molecule has 0 spiro atoms. The van der Waals surface area contributed by atoms with E-state index in [0.717, 1.165) is 18.5 Å². The van der Waals surface area contributed by atoms with Gasteiger partial charge >= 0.3 is 0 Å². The molecule has 2 aliphatic rings. The van der Waals surface area contributed by atoms with Crippen LogP contribution in [0.4, 0.5) is 0 Å². The van der Waals surface area contributed by atoms with Crippen LogP contribution < -0.4 is 11.1 Å². The second kappa shape index (κ2) is 3.11. The molecule has 1 saturated heterocycles. The van der Waals surface area contributed by atoms with Crippen molar-refractivity contribution >= 4 is 0 Å². The van der Waals surface area contributed by atoms with Gasteiger partial charge in [0.2, 0.25) is 0 Å². The van der Waals surface area contributed by atoms with Crippen molar-refractivity contribution < 1.29 is 0 Å². The van der Waals surface area contributed by atoms with E-state index in [1.165, 1.54) is 32.1 Å².